The summed E-state index contributed by atoms with van der Waals surface area (Å²) in [7, 11) is 1.39. The van der Waals surface area contributed by atoms with Crippen LogP contribution in [0.5, 0.6) is 5.75 Å². The summed E-state index contributed by atoms with van der Waals surface area (Å²) in [6, 6.07) is 11.7. The number of ether oxygens (including phenoxy) is 1. The minimum absolute atomic E-state index is 0.0516. The number of nitrogens with one attached hydrogen (secondary N) is 2. The molecule has 2 N–H and O–H groups in total. The number of carbonyl (C=O) groups excluding carboxylic acids is 1. The molecule has 0 aliphatic heterocycles. The number of aryl methyl sites for hydroxylation is 1. The molecule has 0 saturated carbocycles. The average Bonchev–Trinajstić information content (AvgIpc) is 2.61. The second-order valence-electron chi connectivity index (χ2n) is 5.33. The predicted octanol–water partition coefficient (Wildman–Crippen LogP) is 3.44. The lowest BCUT2D eigenvalue weighted by molar-refractivity contribution is -0.384. The molecular weight excluding hydrogens is 354 g/mol. The molecule has 2 aromatic carbocycles. The Balaban J connectivity index is 1.98. The maximum Gasteiger partial charge on any atom is 0.273 e. The van der Waals surface area contributed by atoms with Crippen molar-refractivity contribution in [2.75, 3.05) is 12.4 Å². The molecule has 0 fully saturated rings. The van der Waals surface area contributed by atoms with Crippen molar-refractivity contribution >= 4 is 40.7 Å². The summed E-state index contributed by atoms with van der Waals surface area (Å²) in [6.45, 7) is 1.98. The Kier molecular flexibility index (Phi) is 6.40. The van der Waals surface area contributed by atoms with Crippen LogP contribution >= 0.6 is 12.2 Å². The van der Waals surface area contributed by atoms with Crippen molar-refractivity contribution in [3.8, 4) is 5.75 Å². The molecule has 0 aromatic heterocycles. The number of hydrogen-bond donors (Lipinski definition) is 2. The maximum atomic E-state index is 11.9. The van der Waals surface area contributed by atoms with Gasteiger partial charge in [-0.2, -0.15) is 0 Å². The molecule has 7 nitrogen and oxygen atoms in total. The summed E-state index contributed by atoms with van der Waals surface area (Å²) in [5.74, 6) is -0.157. The van der Waals surface area contributed by atoms with Gasteiger partial charge in [-0.05, 0) is 36.8 Å². The van der Waals surface area contributed by atoms with E-state index in [9.17, 15) is 14.9 Å². The monoisotopic (exact) mass is 371 g/mol. The fourth-order valence-electron chi connectivity index (χ4n) is 2.05. The molecule has 2 rings (SSSR count). The van der Waals surface area contributed by atoms with Crippen LogP contribution in [0, 0.1) is 17.0 Å². The van der Waals surface area contributed by atoms with Crippen molar-refractivity contribution in [2.24, 2.45) is 0 Å². The molecule has 134 valence electrons. The van der Waals surface area contributed by atoms with Crippen LogP contribution in [0.15, 0.2) is 48.5 Å². The molecule has 1 amide bonds. The first-order valence-corrected chi connectivity index (χ1v) is 7.99. The van der Waals surface area contributed by atoms with Crippen LogP contribution in [0.3, 0.4) is 0 Å². The molecule has 2 aromatic rings. The molecule has 0 heterocycles. The summed E-state index contributed by atoms with van der Waals surface area (Å²) in [4.78, 5) is 22.2. The molecule has 0 bridgehead atoms. The highest BCUT2D eigenvalue weighted by Crippen LogP contribution is 2.28. The van der Waals surface area contributed by atoms with Crippen molar-refractivity contribution < 1.29 is 14.5 Å². The highest BCUT2D eigenvalue weighted by atomic mass is 32.1. The van der Waals surface area contributed by atoms with Crippen molar-refractivity contribution in [3.05, 3.63) is 69.8 Å². The summed E-state index contributed by atoms with van der Waals surface area (Å²) in [5.41, 5.74) is 2.32. The van der Waals surface area contributed by atoms with Gasteiger partial charge in [-0.15, -0.1) is 0 Å². The van der Waals surface area contributed by atoms with E-state index in [-0.39, 0.29) is 16.5 Å². The smallest absolute Gasteiger partial charge is 0.273 e. The van der Waals surface area contributed by atoms with Gasteiger partial charge in [0, 0.05) is 12.1 Å². The number of non-ortho nitro benzene ring substituents is 1. The van der Waals surface area contributed by atoms with E-state index in [4.69, 9.17) is 17.0 Å². The van der Waals surface area contributed by atoms with Crippen molar-refractivity contribution in [1.29, 1.82) is 0 Å². The van der Waals surface area contributed by atoms with Crippen molar-refractivity contribution in [3.63, 3.8) is 0 Å². The largest absolute Gasteiger partial charge is 0.494 e. The van der Waals surface area contributed by atoms with Gasteiger partial charge in [-0.1, -0.05) is 29.8 Å². The molecule has 0 aliphatic carbocycles. The Labute approximate surface area is 155 Å². The van der Waals surface area contributed by atoms with Gasteiger partial charge in [-0.3, -0.25) is 20.2 Å². The van der Waals surface area contributed by atoms with Crippen LogP contribution in [0.1, 0.15) is 11.1 Å². The Morgan fingerprint density at radius 2 is 1.92 bits per heavy atom. The SMILES string of the molecule is COc1cc([N+](=O)[O-])ccc1NC(=S)NC(=O)/C=C/c1ccc(C)cc1. The van der Waals surface area contributed by atoms with E-state index >= 15 is 0 Å². The number of nitro groups is 1. The summed E-state index contributed by atoms with van der Waals surface area (Å²) in [6.07, 6.45) is 3.04. The zero-order valence-electron chi connectivity index (χ0n) is 14.2. The van der Waals surface area contributed by atoms with E-state index in [1.54, 1.807) is 6.08 Å². The number of nitro benzene ring substituents is 1. The lowest BCUT2D eigenvalue weighted by atomic mass is 10.1. The van der Waals surface area contributed by atoms with Gasteiger partial charge in [0.05, 0.1) is 23.8 Å². The van der Waals surface area contributed by atoms with E-state index < -0.39 is 10.8 Å². The number of carbonyl (C=O) groups is 1. The molecule has 0 saturated heterocycles. The molecule has 26 heavy (non-hydrogen) atoms. The number of benzene rings is 2. The second-order valence-corrected chi connectivity index (χ2v) is 5.74. The van der Waals surface area contributed by atoms with E-state index in [1.165, 1.54) is 31.4 Å². The number of anilines is 1. The minimum Gasteiger partial charge on any atom is -0.494 e. The summed E-state index contributed by atoms with van der Waals surface area (Å²) in [5, 5.41) is 16.1. The van der Waals surface area contributed by atoms with Gasteiger partial charge in [0.1, 0.15) is 5.75 Å². The number of rotatable bonds is 5. The lowest BCUT2D eigenvalue weighted by Crippen LogP contribution is -2.32. The fraction of sp³-hybridized carbons (Fsp3) is 0.111. The van der Waals surface area contributed by atoms with Gasteiger partial charge in [0.25, 0.3) is 5.69 Å². The van der Waals surface area contributed by atoms with Gasteiger partial charge < -0.3 is 10.1 Å². The highest BCUT2D eigenvalue weighted by molar-refractivity contribution is 7.80. The lowest BCUT2D eigenvalue weighted by Gasteiger charge is -2.11. The first-order chi connectivity index (χ1) is 12.4. The second kappa shape index (κ2) is 8.72. The van der Waals surface area contributed by atoms with E-state index in [0.29, 0.717) is 5.69 Å². The third-order valence-corrected chi connectivity index (χ3v) is 3.59. The van der Waals surface area contributed by atoms with E-state index in [2.05, 4.69) is 10.6 Å². The first-order valence-electron chi connectivity index (χ1n) is 7.58. The Hall–Kier alpha value is -3.26. The molecule has 8 heteroatoms. The van der Waals surface area contributed by atoms with Crippen LogP contribution in [-0.2, 0) is 4.79 Å². The van der Waals surface area contributed by atoms with Crippen LogP contribution in [0.25, 0.3) is 6.08 Å². The summed E-state index contributed by atoms with van der Waals surface area (Å²) < 4.78 is 5.10. The number of thiocarbonyl (C=S) groups is 1. The number of amides is 1. The fourth-order valence-corrected chi connectivity index (χ4v) is 2.26. The molecule has 0 spiro atoms. The minimum atomic E-state index is -0.526. The van der Waals surface area contributed by atoms with Gasteiger partial charge in [-0.25, -0.2) is 0 Å². The highest BCUT2D eigenvalue weighted by Gasteiger charge is 2.12. The molecule has 0 atom stereocenters. The quantitative estimate of drug-likeness (QED) is 0.362. The van der Waals surface area contributed by atoms with Crippen molar-refractivity contribution in [1.82, 2.24) is 5.32 Å². The normalized spacial score (nSPS) is 10.4. The number of hydrogen-bond acceptors (Lipinski definition) is 5. The van der Waals surface area contributed by atoms with Crippen LogP contribution in [-0.4, -0.2) is 23.1 Å². The Morgan fingerprint density at radius 3 is 2.54 bits per heavy atom. The Bertz CT molecular complexity index is 863. The zero-order valence-corrected chi connectivity index (χ0v) is 15.0. The first kappa shape index (κ1) is 19.1. The molecule has 0 unspecified atom stereocenters. The van der Waals surface area contributed by atoms with Gasteiger partial charge in [0.2, 0.25) is 5.91 Å². The summed E-state index contributed by atoms with van der Waals surface area (Å²) >= 11 is 5.09. The molecular formula is C18H17N3O4S. The van der Waals surface area contributed by atoms with Crippen LogP contribution in [0.2, 0.25) is 0 Å². The van der Waals surface area contributed by atoms with E-state index in [0.717, 1.165) is 11.1 Å². The Morgan fingerprint density at radius 1 is 1.23 bits per heavy atom. The topological polar surface area (TPSA) is 93.5 Å². The third-order valence-electron chi connectivity index (χ3n) is 3.39. The van der Waals surface area contributed by atoms with Crippen LogP contribution < -0.4 is 15.4 Å². The average molecular weight is 371 g/mol. The van der Waals surface area contributed by atoms with Crippen molar-refractivity contribution in [2.45, 2.75) is 6.92 Å². The number of nitrogens with zero attached hydrogens (tertiary/aromatic N) is 1. The predicted molar refractivity (Wildman–Crippen MR) is 104 cm³/mol. The van der Waals surface area contributed by atoms with E-state index in [1.807, 2.05) is 31.2 Å². The molecule has 0 aliphatic rings. The third kappa shape index (κ3) is 5.38. The molecule has 0 radical (unpaired) electrons. The number of methoxy groups -OCH3 is 1. The van der Waals surface area contributed by atoms with Crippen LogP contribution in [0.4, 0.5) is 11.4 Å². The maximum absolute atomic E-state index is 11.9. The van der Waals surface area contributed by atoms with Gasteiger partial charge in [0.15, 0.2) is 5.11 Å². The standard InChI is InChI=1S/C18H17N3O4S/c1-12-3-5-13(6-4-12)7-10-17(22)20-18(26)19-15-9-8-14(21(23)24)11-16(15)25-2/h3-11H,1-2H3,(H2,19,20,22,26)/b10-7+. The zero-order chi connectivity index (χ0) is 19.1. The van der Waals surface area contributed by atoms with Gasteiger partial charge >= 0.3 is 0 Å².